The highest BCUT2D eigenvalue weighted by Gasteiger charge is 2.16. The van der Waals surface area contributed by atoms with Gasteiger partial charge in [0.15, 0.2) is 5.82 Å². The second kappa shape index (κ2) is 6.68. The standard InChI is InChI=1S/C18H18FN3O2S/c1-13-3-8-17(11-14(13)2)25(23,24)21-18-9-10-22(20-18)12-15-4-6-16(19)7-5-15/h3-11H,12H2,1-2H3,(H,20,21). The molecule has 0 atom stereocenters. The molecule has 0 aliphatic rings. The Morgan fingerprint density at radius 2 is 1.76 bits per heavy atom. The zero-order valence-corrected chi connectivity index (χ0v) is 14.7. The zero-order chi connectivity index (χ0) is 18.0. The highest BCUT2D eigenvalue weighted by molar-refractivity contribution is 7.92. The van der Waals surface area contributed by atoms with E-state index in [0.717, 1.165) is 16.7 Å². The lowest BCUT2D eigenvalue weighted by atomic mass is 10.1. The second-order valence-electron chi connectivity index (χ2n) is 5.88. The lowest BCUT2D eigenvalue weighted by Gasteiger charge is -2.08. The Morgan fingerprint density at radius 3 is 2.44 bits per heavy atom. The van der Waals surface area contributed by atoms with Gasteiger partial charge in [-0.05, 0) is 54.8 Å². The van der Waals surface area contributed by atoms with Crippen LogP contribution in [0.25, 0.3) is 0 Å². The summed E-state index contributed by atoms with van der Waals surface area (Å²) in [4.78, 5) is 0.198. The molecule has 2 aromatic carbocycles. The molecule has 0 aliphatic carbocycles. The summed E-state index contributed by atoms with van der Waals surface area (Å²) >= 11 is 0. The van der Waals surface area contributed by atoms with Crippen LogP contribution in [0.2, 0.25) is 0 Å². The Morgan fingerprint density at radius 1 is 1.04 bits per heavy atom. The van der Waals surface area contributed by atoms with E-state index in [2.05, 4.69) is 9.82 Å². The number of benzene rings is 2. The van der Waals surface area contributed by atoms with E-state index < -0.39 is 10.0 Å². The van der Waals surface area contributed by atoms with Gasteiger partial charge in [0.25, 0.3) is 10.0 Å². The van der Waals surface area contributed by atoms with E-state index in [1.54, 1.807) is 47.3 Å². The van der Waals surface area contributed by atoms with Crippen molar-refractivity contribution in [1.29, 1.82) is 0 Å². The highest BCUT2D eigenvalue weighted by atomic mass is 32.2. The lowest BCUT2D eigenvalue weighted by molar-refractivity contribution is 0.600. The molecule has 130 valence electrons. The minimum Gasteiger partial charge on any atom is -0.266 e. The van der Waals surface area contributed by atoms with Crippen LogP contribution >= 0.6 is 0 Å². The van der Waals surface area contributed by atoms with Crippen molar-refractivity contribution in [3.63, 3.8) is 0 Å². The molecular weight excluding hydrogens is 341 g/mol. The van der Waals surface area contributed by atoms with Crippen LogP contribution in [0.5, 0.6) is 0 Å². The maximum Gasteiger partial charge on any atom is 0.263 e. The maximum absolute atomic E-state index is 12.9. The molecule has 1 heterocycles. The molecule has 0 unspecified atom stereocenters. The van der Waals surface area contributed by atoms with Crippen LogP contribution in [0.15, 0.2) is 59.6 Å². The summed E-state index contributed by atoms with van der Waals surface area (Å²) in [6, 6.07) is 12.6. The minimum atomic E-state index is -3.69. The molecule has 1 N–H and O–H groups in total. The van der Waals surface area contributed by atoms with Crippen LogP contribution in [-0.4, -0.2) is 18.2 Å². The third-order valence-electron chi connectivity index (χ3n) is 3.93. The van der Waals surface area contributed by atoms with E-state index >= 15 is 0 Å². The van der Waals surface area contributed by atoms with E-state index in [1.165, 1.54) is 12.1 Å². The predicted octanol–water partition coefficient (Wildman–Crippen LogP) is 3.49. The fourth-order valence-corrected chi connectivity index (χ4v) is 3.44. The quantitative estimate of drug-likeness (QED) is 0.758. The number of aryl methyl sites for hydroxylation is 2. The molecule has 7 heteroatoms. The summed E-state index contributed by atoms with van der Waals surface area (Å²) in [6.07, 6.45) is 1.67. The molecule has 0 radical (unpaired) electrons. The maximum atomic E-state index is 12.9. The molecule has 0 bridgehead atoms. The number of anilines is 1. The first-order valence-electron chi connectivity index (χ1n) is 7.71. The van der Waals surface area contributed by atoms with Crippen LogP contribution in [0, 0.1) is 19.7 Å². The Balaban J connectivity index is 1.75. The van der Waals surface area contributed by atoms with Gasteiger partial charge in [0, 0.05) is 12.3 Å². The van der Waals surface area contributed by atoms with Crippen LogP contribution in [0.3, 0.4) is 0 Å². The molecule has 1 aromatic heterocycles. The normalized spacial score (nSPS) is 11.5. The highest BCUT2D eigenvalue weighted by Crippen LogP contribution is 2.18. The van der Waals surface area contributed by atoms with Gasteiger partial charge in [0.2, 0.25) is 0 Å². The number of aromatic nitrogens is 2. The second-order valence-corrected chi connectivity index (χ2v) is 7.56. The first-order valence-corrected chi connectivity index (χ1v) is 9.20. The molecular formula is C18H18FN3O2S. The number of nitrogens with zero attached hydrogens (tertiary/aromatic N) is 2. The van der Waals surface area contributed by atoms with Gasteiger partial charge in [-0.2, -0.15) is 5.10 Å². The number of hydrogen-bond donors (Lipinski definition) is 1. The Kier molecular flexibility index (Phi) is 4.59. The van der Waals surface area contributed by atoms with Gasteiger partial charge in [-0.1, -0.05) is 18.2 Å². The van der Waals surface area contributed by atoms with Gasteiger partial charge in [-0.15, -0.1) is 0 Å². The number of nitrogens with one attached hydrogen (secondary N) is 1. The minimum absolute atomic E-state index is 0.198. The Labute approximate surface area is 146 Å². The topological polar surface area (TPSA) is 64.0 Å². The molecule has 0 saturated heterocycles. The molecule has 25 heavy (non-hydrogen) atoms. The van der Waals surface area contributed by atoms with Crippen molar-refractivity contribution in [2.45, 2.75) is 25.3 Å². The molecule has 0 amide bonds. The van der Waals surface area contributed by atoms with E-state index in [1.807, 2.05) is 13.8 Å². The van der Waals surface area contributed by atoms with Crippen LogP contribution in [0.1, 0.15) is 16.7 Å². The zero-order valence-electron chi connectivity index (χ0n) is 13.9. The van der Waals surface area contributed by atoms with Gasteiger partial charge in [-0.3, -0.25) is 9.40 Å². The summed E-state index contributed by atoms with van der Waals surface area (Å²) in [5, 5.41) is 4.21. The number of rotatable bonds is 5. The molecule has 5 nitrogen and oxygen atoms in total. The predicted molar refractivity (Wildman–Crippen MR) is 94.5 cm³/mol. The van der Waals surface area contributed by atoms with Crippen molar-refractivity contribution in [1.82, 2.24) is 9.78 Å². The van der Waals surface area contributed by atoms with Crippen molar-refractivity contribution in [3.05, 3.63) is 77.2 Å². The number of hydrogen-bond acceptors (Lipinski definition) is 3. The molecule has 3 aromatic rings. The Hall–Kier alpha value is -2.67. The molecule has 0 spiro atoms. The summed E-state index contributed by atoms with van der Waals surface area (Å²) in [5.41, 5.74) is 2.81. The van der Waals surface area contributed by atoms with Crippen LogP contribution in [0.4, 0.5) is 10.2 Å². The average molecular weight is 359 g/mol. The van der Waals surface area contributed by atoms with Crippen molar-refractivity contribution < 1.29 is 12.8 Å². The summed E-state index contributed by atoms with van der Waals surface area (Å²) in [5.74, 6) is -0.0635. The third kappa shape index (κ3) is 4.06. The van der Waals surface area contributed by atoms with E-state index in [-0.39, 0.29) is 16.5 Å². The van der Waals surface area contributed by atoms with Crippen molar-refractivity contribution in [2.24, 2.45) is 0 Å². The number of halogens is 1. The van der Waals surface area contributed by atoms with Crippen molar-refractivity contribution >= 4 is 15.8 Å². The molecule has 0 aliphatic heterocycles. The van der Waals surface area contributed by atoms with Gasteiger partial charge in [-0.25, -0.2) is 12.8 Å². The molecule has 0 fully saturated rings. The van der Waals surface area contributed by atoms with Gasteiger partial charge < -0.3 is 0 Å². The van der Waals surface area contributed by atoms with Crippen LogP contribution < -0.4 is 4.72 Å². The van der Waals surface area contributed by atoms with E-state index in [0.29, 0.717) is 6.54 Å². The fourth-order valence-electron chi connectivity index (χ4n) is 2.36. The van der Waals surface area contributed by atoms with E-state index in [4.69, 9.17) is 0 Å². The average Bonchev–Trinajstić information content (AvgIpc) is 2.98. The Bertz CT molecular complexity index is 995. The van der Waals surface area contributed by atoms with Gasteiger partial charge in [0.1, 0.15) is 5.82 Å². The van der Waals surface area contributed by atoms with E-state index in [9.17, 15) is 12.8 Å². The molecule has 3 rings (SSSR count). The van der Waals surface area contributed by atoms with Crippen molar-refractivity contribution in [2.75, 3.05) is 4.72 Å². The first kappa shape index (κ1) is 17.2. The SMILES string of the molecule is Cc1ccc(S(=O)(=O)Nc2ccn(Cc3ccc(F)cc3)n2)cc1C. The fraction of sp³-hybridized carbons (Fsp3) is 0.167. The van der Waals surface area contributed by atoms with Crippen molar-refractivity contribution in [3.8, 4) is 0 Å². The van der Waals surface area contributed by atoms with Gasteiger partial charge >= 0.3 is 0 Å². The summed E-state index contributed by atoms with van der Waals surface area (Å²) in [6.45, 7) is 4.22. The first-order chi connectivity index (χ1) is 11.8. The third-order valence-corrected chi connectivity index (χ3v) is 5.28. The summed E-state index contributed by atoms with van der Waals surface area (Å²) < 4.78 is 41.9. The molecule has 0 saturated carbocycles. The van der Waals surface area contributed by atoms with Crippen LogP contribution in [-0.2, 0) is 16.6 Å². The largest absolute Gasteiger partial charge is 0.266 e. The number of sulfonamides is 1. The smallest absolute Gasteiger partial charge is 0.263 e. The van der Waals surface area contributed by atoms with Gasteiger partial charge in [0.05, 0.1) is 11.4 Å². The lowest BCUT2D eigenvalue weighted by Crippen LogP contribution is -2.14. The summed E-state index contributed by atoms with van der Waals surface area (Å²) in [7, 11) is -3.69. The monoisotopic (exact) mass is 359 g/mol.